The van der Waals surface area contributed by atoms with Crippen molar-refractivity contribution >= 4 is 0 Å². The molecule has 6 heteroatoms. The van der Waals surface area contributed by atoms with Gasteiger partial charge < -0.3 is 20.3 Å². The van der Waals surface area contributed by atoms with Crippen LogP contribution in [0.4, 0.5) is 0 Å². The second-order valence-electron chi connectivity index (χ2n) is 6.97. The Morgan fingerprint density at radius 1 is 1.07 bits per heavy atom. The predicted molar refractivity (Wildman–Crippen MR) is 107 cm³/mol. The van der Waals surface area contributed by atoms with Crippen LogP contribution in [0.2, 0.25) is 0 Å². The fourth-order valence-corrected chi connectivity index (χ4v) is 3.90. The number of ether oxygens (including phenoxy) is 1. The summed E-state index contributed by atoms with van der Waals surface area (Å²) in [5.41, 5.74) is 3.88. The SMILES string of the molecule is COc1ccccc1C1[N-]CCc2ccccc21.OCNC1CCCC1O.[W]. The maximum Gasteiger partial charge on any atom is 0.120 e. The molecule has 1 fully saturated rings. The van der Waals surface area contributed by atoms with Crippen molar-refractivity contribution in [1.29, 1.82) is 0 Å². The predicted octanol–water partition coefficient (Wildman–Crippen LogP) is 3.15. The second kappa shape index (κ2) is 11.7. The van der Waals surface area contributed by atoms with Gasteiger partial charge in [-0.15, -0.1) is 6.54 Å². The monoisotopic (exact) mass is 553 g/mol. The summed E-state index contributed by atoms with van der Waals surface area (Å²) >= 11 is 0. The Kier molecular flexibility index (Phi) is 9.63. The first kappa shape index (κ1) is 23.1. The van der Waals surface area contributed by atoms with E-state index >= 15 is 0 Å². The molecule has 0 spiro atoms. The normalized spacial score (nSPS) is 23.0. The number of methoxy groups -OCH3 is 1. The number of rotatable bonds is 4. The minimum Gasteiger partial charge on any atom is -0.651 e. The van der Waals surface area contributed by atoms with Gasteiger partial charge in [0.25, 0.3) is 0 Å². The van der Waals surface area contributed by atoms with Gasteiger partial charge in [-0.2, -0.15) is 0 Å². The van der Waals surface area contributed by atoms with Crippen molar-refractivity contribution in [3.05, 3.63) is 70.5 Å². The third-order valence-electron chi connectivity index (χ3n) is 5.31. The Morgan fingerprint density at radius 3 is 2.46 bits per heavy atom. The Morgan fingerprint density at radius 2 is 1.79 bits per heavy atom. The molecule has 5 nitrogen and oxygen atoms in total. The molecule has 4 rings (SSSR count). The van der Waals surface area contributed by atoms with E-state index in [4.69, 9.17) is 20.3 Å². The molecule has 1 saturated carbocycles. The molecule has 0 amide bonds. The Bertz CT molecular complexity index is 728. The molecule has 152 valence electrons. The van der Waals surface area contributed by atoms with Crippen LogP contribution < -0.4 is 10.1 Å². The fraction of sp³-hybridized carbons (Fsp3) is 0.455. The van der Waals surface area contributed by atoms with Crippen LogP contribution in [0.1, 0.15) is 42.0 Å². The van der Waals surface area contributed by atoms with E-state index in [1.54, 1.807) is 7.11 Å². The quantitative estimate of drug-likeness (QED) is 0.509. The first-order chi connectivity index (χ1) is 13.2. The van der Waals surface area contributed by atoms with Crippen LogP contribution in [0.25, 0.3) is 5.32 Å². The molecule has 3 atom stereocenters. The summed E-state index contributed by atoms with van der Waals surface area (Å²) in [5, 5.41) is 25.1. The fourth-order valence-electron chi connectivity index (χ4n) is 3.90. The average molecular weight is 553 g/mol. The summed E-state index contributed by atoms with van der Waals surface area (Å²) in [5.74, 6) is 0.919. The molecule has 3 N–H and O–H groups in total. The zero-order chi connectivity index (χ0) is 19.1. The van der Waals surface area contributed by atoms with Crippen molar-refractivity contribution in [3.63, 3.8) is 0 Å². The zero-order valence-electron chi connectivity index (χ0n) is 16.3. The molecule has 0 saturated heterocycles. The molecule has 2 aromatic rings. The van der Waals surface area contributed by atoms with Crippen molar-refractivity contribution in [2.75, 3.05) is 20.4 Å². The van der Waals surface area contributed by atoms with E-state index < -0.39 is 0 Å². The molecule has 1 aliphatic heterocycles. The van der Waals surface area contributed by atoms with Gasteiger partial charge in [0.2, 0.25) is 0 Å². The topological polar surface area (TPSA) is 75.8 Å². The average Bonchev–Trinajstić information content (AvgIpc) is 3.13. The van der Waals surface area contributed by atoms with Crippen molar-refractivity contribution in [3.8, 4) is 5.75 Å². The minimum absolute atomic E-state index is 0. The molecule has 3 unspecified atom stereocenters. The van der Waals surface area contributed by atoms with Crippen LogP contribution in [0.3, 0.4) is 0 Å². The van der Waals surface area contributed by atoms with Gasteiger partial charge in [0, 0.05) is 27.1 Å². The van der Waals surface area contributed by atoms with Gasteiger partial charge in [0.1, 0.15) is 5.75 Å². The van der Waals surface area contributed by atoms with Crippen LogP contribution in [0.5, 0.6) is 5.75 Å². The van der Waals surface area contributed by atoms with Crippen LogP contribution >= 0.6 is 0 Å². The number of aliphatic hydroxyl groups is 2. The first-order valence-electron chi connectivity index (χ1n) is 9.64. The van der Waals surface area contributed by atoms with Gasteiger partial charge in [0.15, 0.2) is 0 Å². The smallest absolute Gasteiger partial charge is 0.120 e. The molecule has 2 aliphatic rings. The van der Waals surface area contributed by atoms with E-state index in [0.717, 1.165) is 43.5 Å². The van der Waals surface area contributed by atoms with Crippen LogP contribution in [0.15, 0.2) is 48.5 Å². The third kappa shape index (κ3) is 5.65. The number of nitrogens with one attached hydrogen (secondary N) is 1. The summed E-state index contributed by atoms with van der Waals surface area (Å²) in [6.45, 7) is 0.863. The molecule has 0 radical (unpaired) electrons. The van der Waals surface area contributed by atoms with Crippen molar-refractivity contribution in [1.82, 2.24) is 5.32 Å². The summed E-state index contributed by atoms with van der Waals surface area (Å²) < 4.78 is 5.45. The van der Waals surface area contributed by atoms with Crippen molar-refractivity contribution < 1.29 is 36.0 Å². The van der Waals surface area contributed by atoms with E-state index in [1.165, 1.54) is 11.1 Å². The summed E-state index contributed by atoms with van der Waals surface area (Å²) in [6.07, 6.45) is 3.73. The van der Waals surface area contributed by atoms with Crippen LogP contribution in [0, 0.1) is 0 Å². The number of para-hydroxylation sites is 1. The minimum atomic E-state index is -0.239. The Hall–Kier alpha value is -1.23. The number of benzene rings is 2. The molecule has 0 aromatic heterocycles. The van der Waals surface area contributed by atoms with Crippen molar-refractivity contribution in [2.45, 2.75) is 43.9 Å². The Balaban J connectivity index is 0.000000239. The van der Waals surface area contributed by atoms with E-state index in [9.17, 15) is 0 Å². The molecule has 1 aliphatic carbocycles. The van der Waals surface area contributed by atoms with E-state index in [0.29, 0.717) is 0 Å². The van der Waals surface area contributed by atoms with Gasteiger partial charge in [-0.25, -0.2) is 0 Å². The van der Waals surface area contributed by atoms with Crippen LogP contribution in [-0.2, 0) is 27.5 Å². The van der Waals surface area contributed by atoms with Crippen LogP contribution in [-0.4, -0.2) is 42.7 Å². The molecule has 0 bridgehead atoms. The van der Waals surface area contributed by atoms with Gasteiger partial charge in [-0.1, -0.05) is 54.1 Å². The third-order valence-corrected chi connectivity index (χ3v) is 5.31. The number of hydrogen-bond acceptors (Lipinski definition) is 4. The maximum atomic E-state index is 9.15. The standard InChI is InChI=1S/C16H16NO.C6H13NO2.W/c1-18-15-9-5-4-8-14(15)16-13-7-3-2-6-12(13)10-11-17-16;8-4-7-5-2-1-3-6(5)9;/h2-9,16H,10-11H2,1H3;5-9H,1-4H2;/q-1;;. The van der Waals surface area contributed by atoms with Gasteiger partial charge in [-0.3, -0.25) is 5.32 Å². The summed E-state index contributed by atoms with van der Waals surface area (Å²) in [7, 11) is 1.72. The van der Waals surface area contributed by atoms with E-state index in [-0.39, 0.29) is 46.0 Å². The molecule has 28 heavy (non-hydrogen) atoms. The zero-order valence-corrected chi connectivity index (χ0v) is 19.2. The number of hydrogen-bond donors (Lipinski definition) is 3. The maximum absolute atomic E-state index is 9.15. The first-order valence-corrected chi connectivity index (χ1v) is 9.64. The summed E-state index contributed by atoms with van der Waals surface area (Å²) in [4.78, 5) is 0. The Labute approximate surface area is 181 Å². The van der Waals surface area contributed by atoms with Crippen molar-refractivity contribution in [2.24, 2.45) is 0 Å². The molecular weight excluding hydrogens is 524 g/mol. The molecule has 2 aromatic carbocycles. The van der Waals surface area contributed by atoms with Gasteiger partial charge in [0.05, 0.1) is 19.9 Å². The van der Waals surface area contributed by atoms with Gasteiger partial charge >= 0.3 is 0 Å². The number of nitrogens with zero attached hydrogens (tertiary/aromatic N) is 1. The molecular formula is C22H29N2O3W-. The second-order valence-corrected chi connectivity index (χ2v) is 6.97. The number of aliphatic hydroxyl groups excluding tert-OH is 2. The largest absolute Gasteiger partial charge is 0.651 e. The van der Waals surface area contributed by atoms with E-state index in [2.05, 4.69) is 35.6 Å². The molecule has 1 heterocycles. The van der Waals surface area contributed by atoms with Gasteiger partial charge in [-0.05, 0) is 42.9 Å². The van der Waals surface area contributed by atoms with E-state index in [1.807, 2.05) is 18.2 Å². The summed E-state index contributed by atoms with van der Waals surface area (Å²) in [6, 6.07) is 17.0. The number of fused-ring (bicyclic) bond motifs is 1.